The molecule has 0 N–H and O–H groups in total. The van der Waals surface area contributed by atoms with E-state index in [0.29, 0.717) is 0 Å². The summed E-state index contributed by atoms with van der Waals surface area (Å²) in [7, 11) is 1.87. The first-order chi connectivity index (χ1) is 7.88. The van der Waals surface area contributed by atoms with Crippen LogP contribution in [0, 0.1) is 0 Å². The summed E-state index contributed by atoms with van der Waals surface area (Å²) in [6.07, 6.45) is 0.910. The molecule has 0 heterocycles. The first-order valence-corrected chi connectivity index (χ1v) is 6.68. The van der Waals surface area contributed by atoms with Gasteiger partial charge < -0.3 is 4.90 Å². The maximum absolute atomic E-state index is 11.9. The number of amides is 1. The molecule has 1 amide bonds. The van der Waals surface area contributed by atoms with E-state index in [1.807, 2.05) is 25.2 Å². The van der Waals surface area contributed by atoms with Crippen LogP contribution in [0.4, 0.5) is 4.79 Å². The first-order valence-electron chi connectivity index (χ1n) is 5.86. The van der Waals surface area contributed by atoms with Crippen molar-refractivity contribution in [2.75, 3.05) is 13.6 Å². The van der Waals surface area contributed by atoms with Crippen molar-refractivity contribution in [2.24, 2.45) is 0 Å². The van der Waals surface area contributed by atoms with E-state index in [4.69, 9.17) is 0 Å². The molecule has 0 aliphatic heterocycles. The van der Waals surface area contributed by atoms with E-state index in [2.05, 4.69) is 32.9 Å². The van der Waals surface area contributed by atoms with Gasteiger partial charge in [0.15, 0.2) is 0 Å². The number of nitrogens with zero attached hydrogens (tertiary/aromatic N) is 1. The fourth-order valence-corrected chi connectivity index (χ4v) is 2.14. The molecule has 0 atom stereocenters. The van der Waals surface area contributed by atoms with Crippen LogP contribution in [0.1, 0.15) is 26.3 Å². The van der Waals surface area contributed by atoms with Gasteiger partial charge in [0, 0.05) is 18.3 Å². The number of likely N-dealkylation sites (N-methyl/N-ethyl adjacent to an activating group) is 1. The van der Waals surface area contributed by atoms with Gasteiger partial charge in [-0.05, 0) is 12.0 Å². The number of carbonyl (C=O) groups excluding carboxylic acids is 1. The Morgan fingerprint density at radius 2 is 1.82 bits per heavy atom. The maximum Gasteiger partial charge on any atom is 0.281 e. The molecule has 3 heteroatoms. The van der Waals surface area contributed by atoms with Gasteiger partial charge in [0.05, 0.1) is 0 Å². The van der Waals surface area contributed by atoms with Crippen molar-refractivity contribution >= 4 is 17.0 Å². The molecule has 1 rings (SSSR count). The highest BCUT2D eigenvalue weighted by Gasteiger charge is 2.19. The number of rotatable bonds is 3. The molecule has 0 unspecified atom stereocenters. The van der Waals surface area contributed by atoms with E-state index < -0.39 is 0 Å². The molecule has 0 aliphatic carbocycles. The minimum Gasteiger partial charge on any atom is -0.336 e. The first kappa shape index (κ1) is 14.1. The second-order valence-corrected chi connectivity index (χ2v) is 6.92. The van der Waals surface area contributed by atoms with Gasteiger partial charge in [-0.25, -0.2) is 0 Å². The SMILES string of the molecule is CN(CCc1ccccc1)C(=O)SC(C)(C)C. The van der Waals surface area contributed by atoms with Crippen molar-refractivity contribution < 1.29 is 4.79 Å². The van der Waals surface area contributed by atoms with E-state index >= 15 is 0 Å². The molecular weight excluding hydrogens is 230 g/mol. The van der Waals surface area contributed by atoms with Crippen LogP contribution in [-0.4, -0.2) is 28.5 Å². The lowest BCUT2D eigenvalue weighted by Gasteiger charge is -2.22. The summed E-state index contributed by atoms with van der Waals surface area (Å²) < 4.78 is -0.0158. The Bertz CT molecular complexity index is 356. The Labute approximate surface area is 108 Å². The highest BCUT2D eigenvalue weighted by atomic mass is 32.2. The zero-order valence-electron chi connectivity index (χ0n) is 11.1. The number of carbonyl (C=O) groups is 1. The monoisotopic (exact) mass is 251 g/mol. The largest absolute Gasteiger partial charge is 0.336 e. The molecule has 0 aliphatic rings. The molecule has 0 saturated heterocycles. The molecule has 2 nitrogen and oxygen atoms in total. The molecule has 1 aromatic rings. The van der Waals surface area contributed by atoms with E-state index in [9.17, 15) is 4.79 Å². The van der Waals surface area contributed by atoms with E-state index in [-0.39, 0.29) is 9.99 Å². The van der Waals surface area contributed by atoms with Crippen molar-refractivity contribution in [3.05, 3.63) is 35.9 Å². The molecule has 94 valence electrons. The summed E-state index contributed by atoms with van der Waals surface area (Å²) in [5.74, 6) is 0. The van der Waals surface area contributed by atoms with Gasteiger partial charge in [-0.2, -0.15) is 0 Å². The minimum atomic E-state index is -0.0158. The zero-order valence-corrected chi connectivity index (χ0v) is 11.9. The van der Waals surface area contributed by atoms with Crippen LogP contribution in [0.5, 0.6) is 0 Å². The number of hydrogen-bond acceptors (Lipinski definition) is 2. The van der Waals surface area contributed by atoms with Crippen LogP contribution in [0.2, 0.25) is 0 Å². The summed E-state index contributed by atoms with van der Waals surface area (Å²) in [6.45, 7) is 6.94. The lowest BCUT2D eigenvalue weighted by atomic mass is 10.1. The predicted molar refractivity (Wildman–Crippen MR) is 75.5 cm³/mol. The molecule has 0 saturated carbocycles. The molecular formula is C14H21NOS. The third-order valence-electron chi connectivity index (χ3n) is 2.28. The Morgan fingerprint density at radius 1 is 1.24 bits per heavy atom. The maximum atomic E-state index is 11.9. The molecule has 17 heavy (non-hydrogen) atoms. The molecule has 0 radical (unpaired) electrons. The van der Waals surface area contributed by atoms with Crippen molar-refractivity contribution in [3.63, 3.8) is 0 Å². The number of thioether (sulfide) groups is 1. The van der Waals surface area contributed by atoms with Gasteiger partial charge in [0.1, 0.15) is 0 Å². The number of hydrogen-bond donors (Lipinski definition) is 0. The van der Waals surface area contributed by atoms with Gasteiger partial charge in [0.25, 0.3) is 5.24 Å². The van der Waals surface area contributed by atoms with Gasteiger partial charge >= 0.3 is 0 Å². The van der Waals surface area contributed by atoms with Crippen LogP contribution in [0.15, 0.2) is 30.3 Å². The molecule has 0 fully saturated rings. The summed E-state index contributed by atoms with van der Waals surface area (Å²) in [6, 6.07) is 10.3. The normalized spacial score (nSPS) is 11.3. The smallest absolute Gasteiger partial charge is 0.281 e. The molecule has 0 bridgehead atoms. The Hall–Kier alpha value is -0.960. The van der Waals surface area contributed by atoms with Gasteiger partial charge in [-0.1, -0.05) is 62.9 Å². The average Bonchev–Trinajstić information content (AvgIpc) is 2.25. The van der Waals surface area contributed by atoms with Crippen LogP contribution in [0.25, 0.3) is 0 Å². The second-order valence-electron chi connectivity index (χ2n) is 5.14. The quantitative estimate of drug-likeness (QED) is 0.814. The van der Waals surface area contributed by atoms with Crippen molar-refractivity contribution in [2.45, 2.75) is 31.9 Å². The van der Waals surface area contributed by atoms with Crippen LogP contribution >= 0.6 is 11.8 Å². The van der Waals surface area contributed by atoms with E-state index in [1.54, 1.807) is 4.90 Å². The third kappa shape index (κ3) is 5.78. The lowest BCUT2D eigenvalue weighted by molar-refractivity contribution is 0.233. The zero-order chi connectivity index (χ0) is 12.9. The molecule has 0 spiro atoms. The Balaban J connectivity index is 2.40. The Morgan fingerprint density at radius 3 is 2.35 bits per heavy atom. The summed E-state index contributed by atoms with van der Waals surface area (Å²) in [5.41, 5.74) is 1.27. The van der Waals surface area contributed by atoms with Crippen LogP contribution in [0.3, 0.4) is 0 Å². The minimum absolute atomic E-state index is 0.0158. The second kappa shape index (κ2) is 6.10. The standard InChI is InChI=1S/C14H21NOS/c1-14(2,3)17-13(16)15(4)11-10-12-8-6-5-7-9-12/h5-9H,10-11H2,1-4H3. The summed E-state index contributed by atoms with van der Waals surface area (Å²) in [5, 5.41) is 0.147. The summed E-state index contributed by atoms with van der Waals surface area (Å²) >= 11 is 1.39. The highest BCUT2D eigenvalue weighted by molar-refractivity contribution is 8.14. The fraction of sp³-hybridized carbons (Fsp3) is 0.500. The van der Waals surface area contributed by atoms with Gasteiger partial charge in [0.2, 0.25) is 0 Å². The Kier molecular flexibility index (Phi) is 5.06. The molecule has 1 aromatic carbocycles. The van der Waals surface area contributed by atoms with Crippen molar-refractivity contribution in [1.29, 1.82) is 0 Å². The predicted octanol–water partition coefficient (Wildman–Crippen LogP) is 3.81. The summed E-state index contributed by atoms with van der Waals surface area (Å²) in [4.78, 5) is 13.7. The van der Waals surface area contributed by atoms with Crippen molar-refractivity contribution in [3.8, 4) is 0 Å². The van der Waals surface area contributed by atoms with Gasteiger partial charge in [-0.15, -0.1) is 0 Å². The molecule has 0 aromatic heterocycles. The topological polar surface area (TPSA) is 20.3 Å². The lowest BCUT2D eigenvalue weighted by Crippen LogP contribution is -2.28. The highest BCUT2D eigenvalue weighted by Crippen LogP contribution is 2.25. The third-order valence-corrected chi connectivity index (χ3v) is 3.38. The van der Waals surface area contributed by atoms with E-state index in [1.165, 1.54) is 17.3 Å². The average molecular weight is 251 g/mol. The fourth-order valence-electron chi connectivity index (χ4n) is 1.37. The van der Waals surface area contributed by atoms with E-state index in [0.717, 1.165) is 13.0 Å². The van der Waals surface area contributed by atoms with Crippen molar-refractivity contribution in [1.82, 2.24) is 4.90 Å². The van der Waals surface area contributed by atoms with Crippen LogP contribution in [-0.2, 0) is 6.42 Å². The number of benzene rings is 1. The van der Waals surface area contributed by atoms with Crippen LogP contribution < -0.4 is 0 Å². The van der Waals surface area contributed by atoms with Gasteiger partial charge in [-0.3, -0.25) is 4.79 Å².